The normalized spacial score (nSPS) is 26.3. The zero-order valence-corrected chi connectivity index (χ0v) is 12.7. The summed E-state index contributed by atoms with van der Waals surface area (Å²) in [5, 5.41) is 22.4. The van der Waals surface area contributed by atoms with E-state index in [9.17, 15) is 5.11 Å². The van der Waals surface area contributed by atoms with Crippen LogP contribution in [0.5, 0.6) is 5.75 Å². The van der Waals surface area contributed by atoms with Crippen LogP contribution in [0.2, 0.25) is 0 Å². The summed E-state index contributed by atoms with van der Waals surface area (Å²) in [6.45, 7) is 5.27. The number of hydrogen-bond acceptors (Lipinski definition) is 4. The molecule has 0 saturated heterocycles. The molecule has 114 valence electrons. The van der Waals surface area contributed by atoms with E-state index in [2.05, 4.69) is 25.2 Å². The van der Waals surface area contributed by atoms with E-state index in [0.29, 0.717) is 29.8 Å². The van der Waals surface area contributed by atoms with Crippen LogP contribution in [0.4, 0.5) is 0 Å². The molecule has 4 unspecified atom stereocenters. The number of nitriles is 1. The first-order valence-corrected chi connectivity index (χ1v) is 7.65. The maximum Gasteiger partial charge on any atom is 0.137 e. The van der Waals surface area contributed by atoms with Crippen LogP contribution < -0.4 is 10.1 Å². The van der Waals surface area contributed by atoms with Crippen molar-refractivity contribution in [3.8, 4) is 11.8 Å². The molecule has 0 bridgehead atoms. The Bertz CT molecular complexity index is 498. The van der Waals surface area contributed by atoms with E-state index in [0.717, 1.165) is 5.92 Å². The molecule has 4 nitrogen and oxygen atoms in total. The van der Waals surface area contributed by atoms with Gasteiger partial charge in [0.1, 0.15) is 24.5 Å². The molecule has 1 aromatic carbocycles. The van der Waals surface area contributed by atoms with Crippen LogP contribution in [0, 0.1) is 23.2 Å². The molecule has 2 rings (SSSR count). The molecule has 1 fully saturated rings. The predicted octanol–water partition coefficient (Wildman–Crippen LogP) is 2.32. The lowest BCUT2D eigenvalue weighted by molar-refractivity contribution is 0.102. The average molecular weight is 288 g/mol. The summed E-state index contributed by atoms with van der Waals surface area (Å²) in [5.74, 6) is 1.93. The van der Waals surface area contributed by atoms with Gasteiger partial charge in [-0.3, -0.25) is 0 Å². The highest BCUT2D eigenvalue weighted by Gasteiger charge is 2.29. The second-order valence-electron chi connectivity index (χ2n) is 6.00. The standard InChI is InChI=1S/C17H24N2O2/c1-12-7-8-16(13(12)2)19-10-15(20)11-21-17-6-4-3-5-14(17)9-18/h3-6,12-13,15-16,19-20H,7-8,10-11H2,1-2H3. The van der Waals surface area contributed by atoms with E-state index in [4.69, 9.17) is 10.00 Å². The number of aliphatic hydroxyl groups is 1. The molecule has 4 atom stereocenters. The third-order valence-corrected chi connectivity index (χ3v) is 4.52. The summed E-state index contributed by atoms with van der Waals surface area (Å²) in [4.78, 5) is 0. The summed E-state index contributed by atoms with van der Waals surface area (Å²) in [7, 11) is 0. The van der Waals surface area contributed by atoms with Crippen LogP contribution in [0.15, 0.2) is 24.3 Å². The van der Waals surface area contributed by atoms with Gasteiger partial charge in [0.2, 0.25) is 0 Å². The fraction of sp³-hybridized carbons (Fsp3) is 0.588. The van der Waals surface area contributed by atoms with Crippen molar-refractivity contribution in [1.29, 1.82) is 5.26 Å². The molecule has 0 aliphatic heterocycles. The van der Waals surface area contributed by atoms with Crippen molar-refractivity contribution >= 4 is 0 Å². The molecule has 0 heterocycles. The number of nitrogens with one attached hydrogen (secondary N) is 1. The highest BCUT2D eigenvalue weighted by atomic mass is 16.5. The summed E-state index contributed by atoms with van der Waals surface area (Å²) in [6, 6.07) is 9.65. The largest absolute Gasteiger partial charge is 0.489 e. The fourth-order valence-electron chi connectivity index (χ4n) is 2.87. The SMILES string of the molecule is CC1CCC(NCC(O)COc2ccccc2C#N)C1C. The Balaban J connectivity index is 1.75. The lowest BCUT2D eigenvalue weighted by Crippen LogP contribution is -2.39. The molecule has 1 aromatic rings. The number of nitrogens with zero attached hydrogens (tertiary/aromatic N) is 1. The Morgan fingerprint density at radius 3 is 2.81 bits per heavy atom. The first kappa shape index (κ1) is 15.8. The zero-order chi connectivity index (χ0) is 15.2. The number of ether oxygens (including phenoxy) is 1. The van der Waals surface area contributed by atoms with Crippen molar-refractivity contribution in [3.63, 3.8) is 0 Å². The van der Waals surface area contributed by atoms with E-state index in [1.54, 1.807) is 18.2 Å². The van der Waals surface area contributed by atoms with Gasteiger partial charge in [0, 0.05) is 12.6 Å². The third-order valence-electron chi connectivity index (χ3n) is 4.52. The Hall–Kier alpha value is -1.57. The monoisotopic (exact) mass is 288 g/mol. The Labute approximate surface area is 126 Å². The zero-order valence-electron chi connectivity index (χ0n) is 12.7. The molecule has 0 radical (unpaired) electrons. The minimum Gasteiger partial charge on any atom is -0.489 e. The molecular weight excluding hydrogens is 264 g/mol. The Morgan fingerprint density at radius 1 is 1.38 bits per heavy atom. The van der Waals surface area contributed by atoms with Crippen molar-refractivity contribution in [2.75, 3.05) is 13.2 Å². The van der Waals surface area contributed by atoms with E-state index >= 15 is 0 Å². The maximum absolute atomic E-state index is 10.0. The van der Waals surface area contributed by atoms with Crippen molar-refractivity contribution in [1.82, 2.24) is 5.32 Å². The first-order chi connectivity index (χ1) is 10.1. The van der Waals surface area contributed by atoms with E-state index < -0.39 is 6.10 Å². The quantitative estimate of drug-likeness (QED) is 0.843. The van der Waals surface area contributed by atoms with E-state index in [1.807, 2.05) is 6.07 Å². The highest BCUT2D eigenvalue weighted by Crippen LogP contribution is 2.30. The Kier molecular flexibility index (Phi) is 5.60. The fourth-order valence-corrected chi connectivity index (χ4v) is 2.87. The van der Waals surface area contributed by atoms with Crippen molar-refractivity contribution in [2.24, 2.45) is 11.8 Å². The molecule has 1 aliphatic carbocycles. The molecule has 0 amide bonds. The van der Waals surface area contributed by atoms with Gasteiger partial charge in [0.15, 0.2) is 0 Å². The van der Waals surface area contributed by atoms with Crippen LogP contribution >= 0.6 is 0 Å². The minimum atomic E-state index is -0.570. The van der Waals surface area contributed by atoms with Crippen LogP contribution in [-0.4, -0.2) is 30.4 Å². The maximum atomic E-state index is 10.0. The average Bonchev–Trinajstić information content (AvgIpc) is 2.82. The van der Waals surface area contributed by atoms with Gasteiger partial charge in [-0.05, 0) is 36.8 Å². The smallest absolute Gasteiger partial charge is 0.137 e. The summed E-state index contributed by atoms with van der Waals surface area (Å²) >= 11 is 0. The molecule has 4 heteroatoms. The molecule has 21 heavy (non-hydrogen) atoms. The number of hydrogen-bond donors (Lipinski definition) is 2. The van der Waals surface area contributed by atoms with Gasteiger partial charge in [-0.15, -0.1) is 0 Å². The van der Waals surface area contributed by atoms with Crippen molar-refractivity contribution in [3.05, 3.63) is 29.8 Å². The van der Waals surface area contributed by atoms with Crippen molar-refractivity contribution in [2.45, 2.75) is 38.8 Å². The van der Waals surface area contributed by atoms with Gasteiger partial charge >= 0.3 is 0 Å². The molecule has 0 aromatic heterocycles. The number of para-hydroxylation sites is 1. The summed E-state index contributed by atoms with van der Waals surface area (Å²) < 4.78 is 5.54. The molecule has 1 aliphatic rings. The highest BCUT2D eigenvalue weighted by molar-refractivity contribution is 5.42. The number of benzene rings is 1. The predicted molar refractivity (Wildman–Crippen MR) is 82.0 cm³/mol. The second kappa shape index (κ2) is 7.44. The number of rotatable bonds is 6. The summed E-state index contributed by atoms with van der Waals surface area (Å²) in [6.07, 6.45) is 1.86. The van der Waals surface area contributed by atoms with Crippen molar-refractivity contribution < 1.29 is 9.84 Å². The van der Waals surface area contributed by atoms with Gasteiger partial charge in [-0.2, -0.15) is 5.26 Å². The van der Waals surface area contributed by atoms with Gasteiger partial charge in [0.25, 0.3) is 0 Å². The lowest BCUT2D eigenvalue weighted by atomic mass is 9.98. The van der Waals surface area contributed by atoms with Crippen LogP contribution in [0.1, 0.15) is 32.3 Å². The van der Waals surface area contributed by atoms with Crippen LogP contribution in [0.25, 0.3) is 0 Å². The first-order valence-electron chi connectivity index (χ1n) is 7.65. The van der Waals surface area contributed by atoms with Crippen LogP contribution in [-0.2, 0) is 0 Å². The lowest BCUT2D eigenvalue weighted by Gasteiger charge is -2.21. The third kappa shape index (κ3) is 4.20. The van der Waals surface area contributed by atoms with Gasteiger partial charge in [0.05, 0.1) is 5.56 Å². The molecule has 0 spiro atoms. The second-order valence-corrected chi connectivity index (χ2v) is 6.00. The van der Waals surface area contributed by atoms with Gasteiger partial charge < -0.3 is 15.2 Å². The van der Waals surface area contributed by atoms with Crippen LogP contribution in [0.3, 0.4) is 0 Å². The summed E-state index contributed by atoms with van der Waals surface area (Å²) in [5.41, 5.74) is 0.496. The van der Waals surface area contributed by atoms with E-state index in [-0.39, 0.29) is 6.61 Å². The molecule has 1 saturated carbocycles. The minimum absolute atomic E-state index is 0.197. The molecule has 2 N–H and O–H groups in total. The Morgan fingerprint density at radius 2 is 2.14 bits per heavy atom. The topological polar surface area (TPSA) is 65.3 Å². The molecular formula is C17H24N2O2. The van der Waals surface area contributed by atoms with E-state index in [1.165, 1.54) is 12.8 Å². The number of aliphatic hydroxyl groups excluding tert-OH is 1. The van der Waals surface area contributed by atoms with Gasteiger partial charge in [-0.25, -0.2) is 0 Å². The van der Waals surface area contributed by atoms with Gasteiger partial charge in [-0.1, -0.05) is 26.0 Å².